The maximum Gasteiger partial charge on any atom is 0.416 e. The van der Waals surface area contributed by atoms with Crippen molar-refractivity contribution in [1.29, 1.82) is 0 Å². The zero-order valence-electron chi connectivity index (χ0n) is 11.4. The molecule has 1 aromatic carbocycles. The van der Waals surface area contributed by atoms with Crippen molar-refractivity contribution in [2.24, 2.45) is 5.73 Å². The minimum absolute atomic E-state index is 0.0461. The summed E-state index contributed by atoms with van der Waals surface area (Å²) in [4.78, 5) is 23.7. The molecule has 1 rings (SSSR count). The maximum absolute atomic E-state index is 12.7. The number of hydrogen-bond acceptors (Lipinski definition) is 3. The zero-order valence-corrected chi connectivity index (χ0v) is 11.4. The van der Waals surface area contributed by atoms with E-state index in [1.807, 2.05) is 0 Å². The molecular formula is C13H15F3N2O3. The van der Waals surface area contributed by atoms with Gasteiger partial charge in [-0.2, -0.15) is 13.2 Å². The summed E-state index contributed by atoms with van der Waals surface area (Å²) in [5.74, 6) is -2.20. The van der Waals surface area contributed by atoms with Gasteiger partial charge >= 0.3 is 12.1 Å². The molecule has 8 heteroatoms. The number of alkyl halides is 3. The quantitative estimate of drug-likeness (QED) is 0.872. The van der Waals surface area contributed by atoms with Crippen molar-refractivity contribution in [2.75, 3.05) is 11.9 Å². The second-order valence-corrected chi connectivity index (χ2v) is 4.47. The number of carbonyl (C=O) groups excluding carboxylic acids is 1. The molecule has 0 aliphatic heterocycles. The molecule has 116 valence electrons. The average molecular weight is 304 g/mol. The molecular weight excluding hydrogens is 289 g/mol. The van der Waals surface area contributed by atoms with Crippen molar-refractivity contribution in [3.05, 3.63) is 29.3 Å². The van der Waals surface area contributed by atoms with Gasteiger partial charge in [0.25, 0.3) is 5.91 Å². The van der Waals surface area contributed by atoms with Gasteiger partial charge in [-0.25, -0.2) is 4.79 Å². The third-order valence-corrected chi connectivity index (χ3v) is 3.11. The molecule has 0 heterocycles. The van der Waals surface area contributed by atoms with E-state index in [9.17, 15) is 22.8 Å². The molecule has 0 radical (unpaired) electrons. The number of likely N-dealkylation sites (N-methyl/N-ethyl adjacent to an activating group) is 1. The summed E-state index contributed by atoms with van der Waals surface area (Å²) in [5, 5.41) is 9.08. The van der Waals surface area contributed by atoms with Gasteiger partial charge in [0.15, 0.2) is 0 Å². The number of hydrogen-bond donors (Lipinski definition) is 2. The van der Waals surface area contributed by atoms with Crippen molar-refractivity contribution in [3.8, 4) is 0 Å². The number of nitrogens with zero attached hydrogens (tertiary/aromatic N) is 1. The number of aliphatic carboxylic acids is 1. The Bertz CT molecular complexity index is 558. The normalized spacial score (nSPS) is 12.8. The van der Waals surface area contributed by atoms with Crippen molar-refractivity contribution in [1.82, 2.24) is 0 Å². The van der Waals surface area contributed by atoms with Gasteiger partial charge in [-0.05, 0) is 24.6 Å². The lowest BCUT2D eigenvalue weighted by Crippen LogP contribution is -2.39. The molecule has 0 aromatic heterocycles. The highest BCUT2D eigenvalue weighted by atomic mass is 19.4. The Morgan fingerprint density at radius 1 is 1.38 bits per heavy atom. The third kappa shape index (κ3) is 3.65. The van der Waals surface area contributed by atoms with E-state index in [2.05, 4.69) is 0 Å². The van der Waals surface area contributed by atoms with Crippen LogP contribution in [0.5, 0.6) is 0 Å². The van der Waals surface area contributed by atoms with E-state index < -0.39 is 29.7 Å². The van der Waals surface area contributed by atoms with Crippen LogP contribution in [0.1, 0.15) is 29.3 Å². The fourth-order valence-electron chi connectivity index (χ4n) is 2.00. The van der Waals surface area contributed by atoms with Crippen LogP contribution >= 0.6 is 0 Å². The van der Waals surface area contributed by atoms with E-state index in [0.717, 1.165) is 12.1 Å². The summed E-state index contributed by atoms with van der Waals surface area (Å²) in [6, 6.07) is 1.49. The van der Waals surface area contributed by atoms with Gasteiger partial charge in [-0.1, -0.05) is 6.92 Å². The van der Waals surface area contributed by atoms with Crippen molar-refractivity contribution in [3.63, 3.8) is 0 Å². The van der Waals surface area contributed by atoms with Crippen LogP contribution < -0.4 is 10.6 Å². The summed E-state index contributed by atoms with van der Waals surface area (Å²) in [6.45, 7) is 1.61. The minimum Gasteiger partial charge on any atom is -0.480 e. The van der Waals surface area contributed by atoms with Gasteiger partial charge < -0.3 is 15.7 Å². The van der Waals surface area contributed by atoms with Gasteiger partial charge in [0.05, 0.1) is 11.1 Å². The Labute approximate surface area is 119 Å². The van der Waals surface area contributed by atoms with E-state index in [1.165, 1.54) is 11.9 Å². The standard InChI is InChI=1S/C13H15F3N2O3/c1-3-9(12(20)21)18(2)10-5-4-7(13(14,15)16)6-8(10)11(17)19/h4-6,9H,3H2,1-2H3,(H2,17,19)(H,20,21). The fraction of sp³-hybridized carbons (Fsp3) is 0.385. The number of anilines is 1. The van der Waals surface area contributed by atoms with E-state index >= 15 is 0 Å². The van der Waals surface area contributed by atoms with Gasteiger partial charge in [-0.3, -0.25) is 4.79 Å². The van der Waals surface area contributed by atoms with Crippen LogP contribution in [0.15, 0.2) is 18.2 Å². The predicted octanol–water partition coefficient (Wildman–Crippen LogP) is 2.10. The molecule has 21 heavy (non-hydrogen) atoms. The van der Waals surface area contributed by atoms with E-state index in [4.69, 9.17) is 10.8 Å². The first-order valence-corrected chi connectivity index (χ1v) is 6.06. The highest BCUT2D eigenvalue weighted by Gasteiger charge is 2.32. The second kappa shape index (κ2) is 6.02. The number of amides is 1. The summed E-state index contributed by atoms with van der Waals surface area (Å²) in [7, 11) is 1.39. The van der Waals surface area contributed by atoms with Crippen molar-refractivity contribution < 1.29 is 27.9 Å². The SMILES string of the molecule is CCC(C(=O)O)N(C)c1ccc(C(F)(F)F)cc1C(N)=O. The van der Waals surface area contributed by atoms with Gasteiger partial charge in [0.1, 0.15) is 6.04 Å². The van der Waals surface area contributed by atoms with E-state index in [0.29, 0.717) is 6.07 Å². The average Bonchev–Trinajstić information content (AvgIpc) is 2.37. The number of carbonyl (C=O) groups is 2. The van der Waals surface area contributed by atoms with Crippen LogP contribution in [0.25, 0.3) is 0 Å². The van der Waals surface area contributed by atoms with E-state index in [-0.39, 0.29) is 17.7 Å². The maximum atomic E-state index is 12.7. The van der Waals surface area contributed by atoms with Crippen molar-refractivity contribution in [2.45, 2.75) is 25.6 Å². The number of primary amides is 1. The van der Waals surface area contributed by atoms with Gasteiger partial charge in [0, 0.05) is 12.7 Å². The van der Waals surface area contributed by atoms with Crippen LogP contribution in [-0.4, -0.2) is 30.1 Å². The topological polar surface area (TPSA) is 83.6 Å². The minimum atomic E-state index is -4.61. The number of nitrogens with two attached hydrogens (primary N) is 1. The fourth-order valence-corrected chi connectivity index (χ4v) is 2.00. The lowest BCUT2D eigenvalue weighted by atomic mass is 10.0. The number of benzene rings is 1. The molecule has 1 aromatic rings. The van der Waals surface area contributed by atoms with Gasteiger partial charge in [0.2, 0.25) is 0 Å². The summed E-state index contributed by atoms with van der Waals surface area (Å²) in [5.41, 5.74) is 3.76. The zero-order chi connectivity index (χ0) is 16.4. The Kier molecular flexibility index (Phi) is 4.82. The number of halogens is 3. The van der Waals surface area contributed by atoms with Crippen LogP contribution in [-0.2, 0) is 11.0 Å². The van der Waals surface area contributed by atoms with E-state index in [1.54, 1.807) is 6.92 Å². The molecule has 1 amide bonds. The predicted molar refractivity (Wildman–Crippen MR) is 70.1 cm³/mol. The molecule has 0 bridgehead atoms. The molecule has 0 spiro atoms. The molecule has 0 aliphatic rings. The second-order valence-electron chi connectivity index (χ2n) is 4.47. The van der Waals surface area contributed by atoms with Crippen LogP contribution in [0.3, 0.4) is 0 Å². The molecule has 0 saturated carbocycles. The van der Waals surface area contributed by atoms with Gasteiger partial charge in [-0.15, -0.1) is 0 Å². The third-order valence-electron chi connectivity index (χ3n) is 3.11. The van der Waals surface area contributed by atoms with Crippen LogP contribution in [0.2, 0.25) is 0 Å². The molecule has 1 atom stereocenters. The summed E-state index contributed by atoms with van der Waals surface area (Å²) in [6.07, 6.45) is -4.40. The number of carboxylic acids is 1. The Morgan fingerprint density at radius 3 is 2.33 bits per heavy atom. The highest BCUT2D eigenvalue weighted by molar-refractivity contribution is 5.99. The molecule has 0 saturated heterocycles. The monoisotopic (exact) mass is 304 g/mol. The number of carboxylic acid groups (broad SMARTS) is 1. The Morgan fingerprint density at radius 2 is 1.95 bits per heavy atom. The first-order valence-electron chi connectivity index (χ1n) is 6.06. The molecule has 3 N–H and O–H groups in total. The molecule has 1 unspecified atom stereocenters. The molecule has 0 fully saturated rings. The lowest BCUT2D eigenvalue weighted by Gasteiger charge is -2.27. The largest absolute Gasteiger partial charge is 0.480 e. The Hall–Kier alpha value is -2.25. The summed E-state index contributed by atoms with van der Waals surface area (Å²) < 4.78 is 38.0. The smallest absolute Gasteiger partial charge is 0.416 e. The number of rotatable bonds is 5. The highest BCUT2D eigenvalue weighted by Crippen LogP contribution is 2.33. The lowest BCUT2D eigenvalue weighted by molar-refractivity contribution is -0.139. The first kappa shape index (κ1) is 16.8. The first-order chi connectivity index (χ1) is 9.59. The summed E-state index contributed by atoms with van der Waals surface area (Å²) >= 11 is 0. The van der Waals surface area contributed by atoms with Crippen molar-refractivity contribution >= 4 is 17.6 Å². The molecule has 5 nitrogen and oxygen atoms in total. The van der Waals surface area contributed by atoms with Crippen LogP contribution in [0.4, 0.5) is 18.9 Å². The molecule has 0 aliphatic carbocycles. The van der Waals surface area contributed by atoms with Crippen LogP contribution in [0, 0.1) is 0 Å². The Balaban J connectivity index is 3.36.